The molecule has 0 atom stereocenters. The molecule has 36 heavy (non-hydrogen) atoms. The zero-order chi connectivity index (χ0) is 24.9. The third kappa shape index (κ3) is 5.47. The quantitative estimate of drug-likeness (QED) is 0.360. The molecule has 0 aliphatic carbocycles. The van der Waals surface area contributed by atoms with E-state index >= 15 is 0 Å². The van der Waals surface area contributed by atoms with E-state index in [1.54, 1.807) is 7.11 Å². The number of carbonyl (C=O) groups is 1. The van der Waals surface area contributed by atoms with E-state index in [4.69, 9.17) is 4.74 Å². The molecule has 0 bridgehead atoms. The molecule has 1 aliphatic heterocycles. The molecule has 0 radical (unpaired) electrons. The average molecular weight is 482 g/mol. The van der Waals surface area contributed by atoms with Crippen LogP contribution >= 0.6 is 0 Å². The van der Waals surface area contributed by atoms with Crippen LogP contribution in [0.3, 0.4) is 0 Å². The van der Waals surface area contributed by atoms with E-state index < -0.39 is 0 Å². The van der Waals surface area contributed by atoms with E-state index in [9.17, 15) is 4.79 Å². The van der Waals surface area contributed by atoms with Crippen LogP contribution in [0, 0.1) is 12.8 Å². The maximum absolute atomic E-state index is 12.9. The first-order chi connectivity index (χ1) is 17.6. The molecule has 0 saturated carbocycles. The minimum Gasteiger partial charge on any atom is -0.496 e. The smallest absolute Gasteiger partial charge is 0.223 e. The first-order valence-electron chi connectivity index (χ1n) is 12.9. The molecule has 0 spiro atoms. The molecule has 1 fully saturated rings. The topological polar surface area (TPSA) is 46.5 Å². The molecule has 1 aliphatic rings. The van der Waals surface area contributed by atoms with Crippen molar-refractivity contribution >= 4 is 16.8 Å². The number of likely N-dealkylation sites (tertiary alicyclic amines) is 1. The second-order valence-electron chi connectivity index (χ2n) is 9.85. The molecule has 1 N–H and O–H groups in total. The maximum Gasteiger partial charge on any atom is 0.223 e. The van der Waals surface area contributed by atoms with Crippen LogP contribution in [0.5, 0.6) is 5.75 Å². The minimum atomic E-state index is 0.0640. The number of hydrogen-bond donors (Lipinski definition) is 1. The van der Waals surface area contributed by atoms with Crippen LogP contribution in [-0.4, -0.2) is 35.6 Å². The number of methoxy groups -OCH3 is 1. The van der Waals surface area contributed by atoms with Crippen molar-refractivity contribution in [2.45, 2.75) is 39.4 Å². The van der Waals surface area contributed by atoms with E-state index in [-0.39, 0.29) is 11.8 Å². The lowest BCUT2D eigenvalue weighted by molar-refractivity contribution is -0.126. The summed E-state index contributed by atoms with van der Waals surface area (Å²) in [7, 11) is 1.66. The fourth-order valence-electron chi connectivity index (χ4n) is 5.34. The lowest BCUT2D eigenvalue weighted by Crippen LogP contribution is -2.40. The van der Waals surface area contributed by atoms with Crippen LogP contribution in [0.25, 0.3) is 10.9 Å². The molecule has 1 saturated heterocycles. The highest BCUT2D eigenvalue weighted by Gasteiger charge is 2.25. The summed E-state index contributed by atoms with van der Waals surface area (Å²) in [6, 6.07) is 27.6. The Kier molecular flexibility index (Phi) is 7.38. The summed E-state index contributed by atoms with van der Waals surface area (Å²) in [6.45, 7) is 6.27. The van der Waals surface area contributed by atoms with Crippen molar-refractivity contribution in [3.8, 4) is 5.75 Å². The number of hydrogen-bond acceptors (Lipinski definition) is 3. The number of piperidine rings is 1. The molecule has 0 unspecified atom stereocenters. The van der Waals surface area contributed by atoms with Crippen molar-refractivity contribution in [3.63, 3.8) is 0 Å². The molecule has 186 valence electrons. The van der Waals surface area contributed by atoms with Crippen LogP contribution < -0.4 is 10.1 Å². The number of nitrogens with one attached hydrogen (secondary N) is 1. The van der Waals surface area contributed by atoms with Gasteiger partial charge in [0.2, 0.25) is 5.91 Å². The Balaban J connectivity index is 1.22. The van der Waals surface area contributed by atoms with Crippen molar-refractivity contribution in [2.24, 2.45) is 5.92 Å². The molecular formula is C31H35N3O2. The van der Waals surface area contributed by atoms with E-state index in [1.165, 1.54) is 27.7 Å². The Hall–Kier alpha value is -3.57. The SMILES string of the molecule is COc1ccccc1CNC(=O)C1CCN(Cc2cc3ccccc3n2Cc2cccc(C)c2)CC1. The van der Waals surface area contributed by atoms with Gasteiger partial charge in [0.05, 0.1) is 7.11 Å². The van der Waals surface area contributed by atoms with E-state index in [0.29, 0.717) is 6.54 Å². The van der Waals surface area contributed by atoms with Gasteiger partial charge in [0, 0.05) is 42.3 Å². The molecule has 1 aromatic heterocycles. The number of para-hydroxylation sites is 2. The number of aryl methyl sites for hydroxylation is 1. The number of amides is 1. The number of benzene rings is 3. The first-order valence-corrected chi connectivity index (χ1v) is 12.9. The fourth-order valence-corrected chi connectivity index (χ4v) is 5.34. The van der Waals surface area contributed by atoms with Gasteiger partial charge in [-0.25, -0.2) is 0 Å². The van der Waals surface area contributed by atoms with Crippen LogP contribution in [0.2, 0.25) is 0 Å². The number of aromatic nitrogens is 1. The van der Waals surface area contributed by atoms with E-state index in [2.05, 4.69) is 76.3 Å². The Morgan fingerprint density at radius 3 is 2.53 bits per heavy atom. The summed E-state index contributed by atoms with van der Waals surface area (Å²) < 4.78 is 7.86. The lowest BCUT2D eigenvalue weighted by Gasteiger charge is -2.31. The monoisotopic (exact) mass is 481 g/mol. The van der Waals surface area contributed by atoms with Crippen molar-refractivity contribution < 1.29 is 9.53 Å². The van der Waals surface area contributed by atoms with Gasteiger partial charge < -0.3 is 14.6 Å². The molecule has 4 aromatic rings. The summed E-state index contributed by atoms with van der Waals surface area (Å²) in [5, 5.41) is 4.41. The summed E-state index contributed by atoms with van der Waals surface area (Å²) in [4.78, 5) is 15.4. The van der Waals surface area contributed by atoms with Crippen molar-refractivity contribution in [1.29, 1.82) is 0 Å². The van der Waals surface area contributed by atoms with E-state index in [1.807, 2.05) is 24.3 Å². The van der Waals surface area contributed by atoms with Gasteiger partial charge in [0.25, 0.3) is 0 Å². The Labute approximate surface area is 213 Å². The Morgan fingerprint density at radius 2 is 1.72 bits per heavy atom. The van der Waals surface area contributed by atoms with Gasteiger partial charge in [0.1, 0.15) is 5.75 Å². The van der Waals surface area contributed by atoms with Crippen LogP contribution in [0.15, 0.2) is 78.9 Å². The first kappa shape index (κ1) is 24.1. The zero-order valence-electron chi connectivity index (χ0n) is 21.2. The number of carbonyl (C=O) groups excluding carboxylic acids is 1. The van der Waals surface area contributed by atoms with E-state index in [0.717, 1.165) is 50.3 Å². The van der Waals surface area contributed by atoms with Crippen molar-refractivity contribution in [2.75, 3.05) is 20.2 Å². The molecular weight excluding hydrogens is 446 g/mol. The lowest BCUT2D eigenvalue weighted by atomic mass is 9.95. The second-order valence-corrected chi connectivity index (χ2v) is 9.85. The number of nitrogens with zero attached hydrogens (tertiary/aromatic N) is 2. The Morgan fingerprint density at radius 1 is 0.944 bits per heavy atom. The molecule has 5 heteroatoms. The van der Waals surface area contributed by atoms with Crippen molar-refractivity contribution in [1.82, 2.24) is 14.8 Å². The van der Waals surface area contributed by atoms with Gasteiger partial charge in [-0.05, 0) is 62.0 Å². The van der Waals surface area contributed by atoms with Gasteiger partial charge >= 0.3 is 0 Å². The summed E-state index contributed by atoms with van der Waals surface area (Å²) >= 11 is 0. The average Bonchev–Trinajstić information content (AvgIpc) is 3.24. The summed E-state index contributed by atoms with van der Waals surface area (Å²) in [5.41, 5.74) is 6.23. The molecule has 5 rings (SSSR count). The predicted octanol–water partition coefficient (Wildman–Crippen LogP) is 5.54. The van der Waals surface area contributed by atoms with Crippen LogP contribution in [0.4, 0.5) is 0 Å². The molecule has 3 aromatic carbocycles. The van der Waals surface area contributed by atoms with Crippen LogP contribution in [0.1, 0.15) is 35.2 Å². The zero-order valence-corrected chi connectivity index (χ0v) is 21.2. The highest BCUT2D eigenvalue weighted by Crippen LogP contribution is 2.25. The third-order valence-electron chi connectivity index (χ3n) is 7.31. The fraction of sp³-hybridized carbons (Fsp3) is 0.323. The normalized spacial score (nSPS) is 14.7. The maximum atomic E-state index is 12.9. The van der Waals surface area contributed by atoms with Gasteiger partial charge in [-0.1, -0.05) is 66.2 Å². The summed E-state index contributed by atoms with van der Waals surface area (Å²) in [5.74, 6) is 1.02. The highest BCUT2D eigenvalue weighted by atomic mass is 16.5. The number of ether oxygens (including phenoxy) is 1. The third-order valence-corrected chi connectivity index (χ3v) is 7.31. The molecule has 1 amide bonds. The van der Waals surface area contributed by atoms with Gasteiger partial charge in [-0.15, -0.1) is 0 Å². The summed E-state index contributed by atoms with van der Waals surface area (Å²) in [6.07, 6.45) is 1.77. The van der Waals surface area contributed by atoms with Gasteiger partial charge in [0.15, 0.2) is 0 Å². The second kappa shape index (κ2) is 11.0. The van der Waals surface area contributed by atoms with Crippen LogP contribution in [-0.2, 0) is 24.4 Å². The van der Waals surface area contributed by atoms with Crippen molar-refractivity contribution in [3.05, 3.63) is 101 Å². The van der Waals surface area contributed by atoms with Gasteiger partial charge in [-0.3, -0.25) is 9.69 Å². The Bertz CT molecular complexity index is 1330. The molecule has 5 nitrogen and oxygen atoms in total. The highest BCUT2D eigenvalue weighted by molar-refractivity contribution is 5.81. The van der Waals surface area contributed by atoms with Gasteiger partial charge in [-0.2, -0.15) is 0 Å². The largest absolute Gasteiger partial charge is 0.496 e. The predicted molar refractivity (Wildman–Crippen MR) is 145 cm³/mol. The standard InChI is InChI=1S/C31H35N3O2/c1-23-8-7-9-24(18-23)21-34-28(19-26-10-3-5-12-29(26)34)22-33-16-14-25(15-17-33)31(35)32-20-27-11-4-6-13-30(27)36-2/h3-13,18-19,25H,14-17,20-22H2,1-2H3,(H,32,35). The molecule has 2 heterocycles. The number of fused-ring (bicyclic) bond motifs is 1. The number of rotatable bonds is 8. The minimum absolute atomic E-state index is 0.0640.